The molecule has 0 N–H and O–H groups in total. The van der Waals surface area contributed by atoms with Crippen LogP contribution in [0.5, 0.6) is 0 Å². The molecule has 0 aliphatic heterocycles. The molecule has 0 saturated heterocycles. The van der Waals surface area contributed by atoms with E-state index in [-0.39, 0.29) is 29.6 Å². The summed E-state index contributed by atoms with van der Waals surface area (Å²) in [6.45, 7) is 0. The Balaban J connectivity index is 0.000000640. The third-order valence-electron chi connectivity index (χ3n) is 0.804. The van der Waals surface area contributed by atoms with Gasteiger partial charge in [0.2, 0.25) is 5.03 Å². The predicted molar refractivity (Wildman–Crippen MR) is 32.7 cm³/mol. The Kier molecular flexibility index (Phi) is 4.31. The molecule has 0 aromatic carbocycles. The van der Waals surface area contributed by atoms with Gasteiger partial charge in [-0.3, -0.25) is 0 Å². The summed E-state index contributed by atoms with van der Waals surface area (Å²) in [6, 6.07) is 5.06. The molecule has 1 heterocycles. The van der Waals surface area contributed by atoms with E-state index >= 15 is 0 Å². The molecule has 0 atom stereocenters. The second-order valence-electron chi connectivity index (χ2n) is 1.38. The van der Waals surface area contributed by atoms with Crippen LogP contribution < -0.4 is 34.3 Å². The van der Waals surface area contributed by atoms with Gasteiger partial charge < -0.3 is 5.21 Å². The minimum absolute atomic E-state index is 0. The van der Waals surface area contributed by atoms with Gasteiger partial charge in [-0.1, -0.05) is 12.6 Å². The van der Waals surface area contributed by atoms with Gasteiger partial charge in [0.1, 0.15) is 0 Å². The Morgan fingerprint density at radius 3 is 2.44 bits per heavy atom. The first-order valence-electron chi connectivity index (χ1n) is 2.18. The second kappa shape index (κ2) is 4.17. The van der Waals surface area contributed by atoms with Crippen molar-refractivity contribution in [3.63, 3.8) is 0 Å². The van der Waals surface area contributed by atoms with Crippen LogP contribution in [0.3, 0.4) is 0 Å². The average Bonchev–Trinajstić information content (AvgIpc) is 1.77. The molecule has 0 fully saturated rings. The maximum atomic E-state index is 10.5. The summed E-state index contributed by atoms with van der Waals surface area (Å²) in [5, 5.41) is 10.9. The van der Waals surface area contributed by atoms with Crippen molar-refractivity contribution in [2.45, 2.75) is 5.03 Å². The SMILES string of the molecule is [Na+].[O-][n+]1ccccc1S. The minimum Gasteiger partial charge on any atom is -0.618 e. The number of thiol groups is 1. The van der Waals surface area contributed by atoms with Gasteiger partial charge in [0.15, 0.2) is 6.20 Å². The quantitative estimate of drug-likeness (QED) is 0.190. The van der Waals surface area contributed by atoms with Crippen molar-refractivity contribution in [1.29, 1.82) is 0 Å². The topological polar surface area (TPSA) is 26.9 Å². The zero-order chi connectivity index (χ0) is 5.98. The molecule has 0 bridgehead atoms. The third kappa shape index (κ3) is 2.58. The fraction of sp³-hybridized carbons (Fsp3) is 0. The van der Waals surface area contributed by atoms with Gasteiger partial charge in [0.25, 0.3) is 0 Å². The van der Waals surface area contributed by atoms with Crippen LogP contribution in [-0.4, -0.2) is 0 Å². The Hall–Kier alpha value is 0.300. The van der Waals surface area contributed by atoms with Gasteiger partial charge in [0, 0.05) is 12.1 Å². The van der Waals surface area contributed by atoms with Crippen molar-refractivity contribution in [3.8, 4) is 0 Å². The molecule has 0 aliphatic rings. The van der Waals surface area contributed by atoms with Crippen LogP contribution in [-0.2, 0) is 0 Å². The molecule has 1 aromatic rings. The van der Waals surface area contributed by atoms with E-state index in [2.05, 4.69) is 12.6 Å². The monoisotopic (exact) mass is 150 g/mol. The number of nitrogens with zero attached hydrogens (tertiary/aromatic N) is 1. The number of hydrogen-bond acceptors (Lipinski definition) is 2. The molecule has 0 aliphatic carbocycles. The molecule has 2 nitrogen and oxygen atoms in total. The summed E-state index contributed by atoms with van der Waals surface area (Å²) < 4.78 is 0.698. The normalized spacial score (nSPS) is 8.11. The van der Waals surface area contributed by atoms with Gasteiger partial charge in [-0.15, -0.1) is 0 Å². The van der Waals surface area contributed by atoms with Crippen molar-refractivity contribution in [2.75, 3.05) is 0 Å². The van der Waals surface area contributed by atoms with Crippen molar-refractivity contribution in [3.05, 3.63) is 29.6 Å². The van der Waals surface area contributed by atoms with Gasteiger partial charge in [-0.05, 0) is 6.07 Å². The largest absolute Gasteiger partial charge is 1.00 e. The van der Waals surface area contributed by atoms with Gasteiger partial charge in [-0.2, -0.15) is 4.73 Å². The maximum absolute atomic E-state index is 10.5. The molecule has 4 heteroatoms. The van der Waals surface area contributed by atoms with Crippen molar-refractivity contribution < 1.29 is 34.3 Å². The summed E-state index contributed by atoms with van der Waals surface area (Å²) in [5.74, 6) is 0. The van der Waals surface area contributed by atoms with E-state index in [9.17, 15) is 5.21 Å². The first-order chi connectivity index (χ1) is 3.80. The molecule has 0 spiro atoms. The van der Waals surface area contributed by atoms with Crippen LogP contribution in [0.1, 0.15) is 0 Å². The van der Waals surface area contributed by atoms with Crippen LogP contribution in [0.4, 0.5) is 0 Å². The zero-order valence-electron chi connectivity index (χ0n) is 5.11. The van der Waals surface area contributed by atoms with Crippen LogP contribution in [0.2, 0.25) is 0 Å². The van der Waals surface area contributed by atoms with Gasteiger partial charge in [0.05, 0.1) is 0 Å². The van der Waals surface area contributed by atoms with E-state index in [4.69, 9.17) is 0 Å². The summed E-state index contributed by atoms with van der Waals surface area (Å²) in [5.41, 5.74) is 0. The van der Waals surface area contributed by atoms with E-state index < -0.39 is 0 Å². The number of pyridine rings is 1. The van der Waals surface area contributed by atoms with Crippen molar-refractivity contribution in [1.82, 2.24) is 0 Å². The summed E-state index contributed by atoms with van der Waals surface area (Å²) in [7, 11) is 0. The minimum atomic E-state index is 0. The van der Waals surface area contributed by atoms with E-state index in [1.807, 2.05) is 0 Å². The Morgan fingerprint density at radius 2 is 2.11 bits per heavy atom. The molecular weight excluding hydrogens is 145 g/mol. The Labute approximate surface area is 81.2 Å². The van der Waals surface area contributed by atoms with Crippen LogP contribution in [0, 0.1) is 5.21 Å². The Morgan fingerprint density at radius 1 is 1.44 bits per heavy atom. The smallest absolute Gasteiger partial charge is 0.618 e. The molecule has 1 aromatic heterocycles. The first kappa shape index (κ1) is 9.30. The molecule has 42 valence electrons. The first-order valence-corrected chi connectivity index (χ1v) is 2.62. The fourth-order valence-corrected chi connectivity index (χ4v) is 0.572. The van der Waals surface area contributed by atoms with E-state index in [1.54, 1.807) is 18.2 Å². The van der Waals surface area contributed by atoms with Crippen LogP contribution in [0.15, 0.2) is 29.4 Å². The van der Waals surface area contributed by atoms with Gasteiger partial charge >= 0.3 is 29.6 Å². The molecular formula is C5H5NNaOS+. The Bertz CT molecular complexity index is 173. The van der Waals surface area contributed by atoms with E-state index in [1.165, 1.54) is 6.20 Å². The third-order valence-corrected chi connectivity index (χ3v) is 1.15. The second-order valence-corrected chi connectivity index (χ2v) is 1.84. The zero-order valence-corrected chi connectivity index (χ0v) is 8.01. The number of hydrogen-bond donors (Lipinski definition) is 1. The molecule has 0 radical (unpaired) electrons. The maximum Gasteiger partial charge on any atom is 1.00 e. The molecule has 0 amide bonds. The molecule has 0 saturated carbocycles. The van der Waals surface area contributed by atoms with Crippen LogP contribution in [0.25, 0.3) is 0 Å². The van der Waals surface area contributed by atoms with Crippen molar-refractivity contribution in [2.24, 2.45) is 0 Å². The standard InChI is InChI=1S/C5H5NOS.Na/c7-6-4-2-1-3-5(6)8;/h1-4,8H;/q;+1. The van der Waals surface area contributed by atoms with Crippen molar-refractivity contribution >= 4 is 12.6 Å². The number of aromatic nitrogens is 1. The van der Waals surface area contributed by atoms with E-state index in [0.29, 0.717) is 9.76 Å². The molecule has 9 heavy (non-hydrogen) atoms. The number of rotatable bonds is 0. The summed E-state index contributed by atoms with van der Waals surface area (Å²) in [4.78, 5) is 0. The molecule has 0 unspecified atom stereocenters. The summed E-state index contributed by atoms with van der Waals surface area (Å²) >= 11 is 3.85. The van der Waals surface area contributed by atoms with Gasteiger partial charge in [-0.25, -0.2) is 0 Å². The summed E-state index contributed by atoms with van der Waals surface area (Å²) in [6.07, 6.45) is 1.41. The average molecular weight is 150 g/mol. The van der Waals surface area contributed by atoms with E-state index in [0.717, 1.165) is 0 Å². The predicted octanol–water partition coefficient (Wildman–Crippen LogP) is -2.39. The fourth-order valence-electron chi connectivity index (χ4n) is 0.419. The molecule has 1 rings (SSSR count). The van der Waals surface area contributed by atoms with Crippen LogP contribution >= 0.6 is 12.6 Å².